The fourth-order valence-corrected chi connectivity index (χ4v) is 5.41. The highest BCUT2D eigenvalue weighted by Gasteiger charge is 2.36. The summed E-state index contributed by atoms with van der Waals surface area (Å²) in [7, 11) is -9.60. The second kappa shape index (κ2) is 26.1. The van der Waals surface area contributed by atoms with Crippen LogP contribution in [0.3, 0.4) is 0 Å². The van der Waals surface area contributed by atoms with Crippen LogP contribution in [0.4, 0.5) is 0 Å². The molecule has 0 saturated heterocycles. The minimum Gasteiger partial charge on any atom is -0.381 e. The second-order valence-electron chi connectivity index (χ2n) is 11.3. The third-order valence-corrected chi connectivity index (χ3v) is 7.96. The van der Waals surface area contributed by atoms with Crippen molar-refractivity contribution in [2.45, 2.75) is 142 Å². The maximum Gasteiger partial charge on any atom is 0.397 e. The van der Waals surface area contributed by atoms with E-state index in [9.17, 15) is 16.8 Å². The summed E-state index contributed by atoms with van der Waals surface area (Å²) in [6, 6.07) is 0. The number of hydrogen-bond donors (Lipinski definition) is 2. The van der Waals surface area contributed by atoms with Crippen molar-refractivity contribution >= 4 is 20.8 Å². The van der Waals surface area contributed by atoms with Crippen molar-refractivity contribution in [2.75, 3.05) is 39.6 Å². The molecule has 0 atom stereocenters. The molecule has 0 amide bonds. The van der Waals surface area contributed by atoms with Crippen LogP contribution in [0.25, 0.3) is 0 Å². The van der Waals surface area contributed by atoms with Crippen molar-refractivity contribution in [3.8, 4) is 0 Å². The molecular weight excluding hydrogens is 572 g/mol. The highest BCUT2D eigenvalue weighted by Crippen LogP contribution is 2.23. The quantitative estimate of drug-likeness (QED) is 0.0565. The molecule has 248 valence electrons. The van der Waals surface area contributed by atoms with Gasteiger partial charge >= 0.3 is 20.8 Å². The van der Waals surface area contributed by atoms with Crippen LogP contribution in [0.2, 0.25) is 0 Å². The van der Waals surface area contributed by atoms with E-state index in [0.29, 0.717) is 13.2 Å². The molecule has 0 rings (SSSR count). The van der Waals surface area contributed by atoms with Crippen LogP contribution in [0.15, 0.2) is 0 Å². The lowest BCUT2D eigenvalue weighted by Gasteiger charge is -2.31. The van der Waals surface area contributed by atoms with Gasteiger partial charge < -0.3 is 9.47 Å². The molecule has 0 aliphatic rings. The van der Waals surface area contributed by atoms with Gasteiger partial charge in [0.2, 0.25) is 0 Å². The Bertz CT molecular complexity index is 721. The van der Waals surface area contributed by atoms with Crippen molar-refractivity contribution in [2.24, 2.45) is 5.41 Å². The average molecular weight is 633 g/mol. The molecule has 0 heterocycles. The molecular formula is C29H60O10S2. The Labute approximate surface area is 251 Å². The summed E-state index contributed by atoms with van der Waals surface area (Å²) in [5, 5.41) is 0. The van der Waals surface area contributed by atoms with E-state index < -0.39 is 39.4 Å². The van der Waals surface area contributed by atoms with Gasteiger partial charge in [-0.3, -0.25) is 9.11 Å². The van der Waals surface area contributed by atoms with E-state index in [2.05, 4.69) is 22.2 Å². The first-order valence-corrected chi connectivity index (χ1v) is 18.7. The van der Waals surface area contributed by atoms with E-state index in [-0.39, 0.29) is 13.2 Å². The lowest BCUT2D eigenvalue weighted by molar-refractivity contribution is -0.0683. The molecule has 0 aliphatic carbocycles. The molecule has 0 aromatic rings. The normalized spacial score (nSPS) is 12.8. The Morgan fingerprint density at radius 2 is 0.707 bits per heavy atom. The summed E-state index contributed by atoms with van der Waals surface area (Å²) in [4.78, 5) is 0. The summed E-state index contributed by atoms with van der Waals surface area (Å²) < 4.78 is 84.0. The van der Waals surface area contributed by atoms with Crippen LogP contribution in [-0.4, -0.2) is 65.6 Å². The zero-order valence-electron chi connectivity index (χ0n) is 25.9. The van der Waals surface area contributed by atoms with Crippen molar-refractivity contribution in [1.29, 1.82) is 0 Å². The predicted octanol–water partition coefficient (Wildman–Crippen LogP) is 7.49. The van der Waals surface area contributed by atoms with E-state index in [0.717, 1.165) is 38.5 Å². The molecule has 2 N–H and O–H groups in total. The van der Waals surface area contributed by atoms with E-state index in [1.54, 1.807) is 0 Å². The molecule has 12 heteroatoms. The van der Waals surface area contributed by atoms with E-state index in [1.807, 2.05) is 0 Å². The third kappa shape index (κ3) is 29.5. The van der Waals surface area contributed by atoms with E-state index in [4.69, 9.17) is 18.6 Å². The highest BCUT2D eigenvalue weighted by molar-refractivity contribution is 7.81. The summed E-state index contributed by atoms with van der Waals surface area (Å²) >= 11 is 0. The van der Waals surface area contributed by atoms with Crippen molar-refractivity contribution in [3.63, 3.8) is 0 Å². The first-order chi connectivity index (χ1) is 19.5. The lowest BCUT2D eigenvalue weighted by atomic mass is 9.92. The smallest absolute Gasteiger partial charge is 0.381 e. The highest BCUT2D eigenvalue weighted by atomic mass is 32.3. The molecule has 0 saturated carbocycles. The van der Waals surface area contributed by atoms with Gasteiger partial charge in [-0.25, -0.2) is 8.37 Å². The summed E-state index contributed by atoms with van der Waals surface area (Å²) in [5.74, 6) is 0. The number of unbranched alkanes of at least 4 members (excludes halogenated alkanes) is 18. The maximum absolute atomic E-state index is 11.3. The van der Waals surface area contributed by atoms with Gasteiger partial charge in [-0.05, 0) is 12.8 Å². The Balaban J connectivity index is 4.58. The van der Waals surface area contributed by atoms with Gasteiger partial charge in [-0.15, -0.1) is 0 Å². The molecule has 0 radical (unpaired) electrons. The fraction of sp³-hybridized carbons (Fsp3) is 1.00. The van der Waals surface area contributed by atoms with Gasteiger partial charge in [-0.1, -0.05) is 129 Å². The zero-order valence-corrected chi connectivity index (χ0v) is 27.5. The Morgan fingerprint density at radius 3 is 0.976 bits per heavy atom. The van der Waals surface area contributed by atoms with Crippen LogP contribution in [-0.2, 0) is 38.6 Å². The van der Waals surface area contributed by atoms with Crippen LogP contribution in [0.1, 0.15) is 142 Å². The van der Waals surface area contributed by atoms with Gasteiger partial charge in [0.1, 0.15) is 0 Å². The Hall–Kier alpha value is -0.340. The van der Waals surface area contributed by atoms with Crippen LogP contribution in [0, 0.1) is 5.41 Å². The molecule has 41 heavy (non-hydrogen) atoms. The first kappa shape index (κ1) is 40.7. The fourth-order valence-electron chi connectivity index (χ4n) is 4.61. The van der Waals surface area contributed by atoms with Gasteiger partial charge in [-0.2, -0.15) is 16.8 Å². The molecule has 0 bridgehead atoms. The van der Waals surface area contributed by atoms with Crippen molar-refractivity contribution in [1.82, 2.24) is 0 Å². The lowest BCUT2D eigenvalue weighted by Crippen LogP contribution is -2.43. The van der Waals surface area contributed by atoms with E-state index in [1.165, 1.54) is 89.9 Å². The maximum atomic E-state index is 11.3. The molecule has 0 unspecified atom stereocenters. The second-order valence-corrected chi connectivity index (χ2v) is 13.5. The third-order valence-electron chi connectivity index (χ3n) is 7.13. The average Bonchev–Trinajstić information content (AvgIpc) is 2.91. The molecule has 10 nitrogen and oxygen atoms in total. The molecule has 0 aliphatic heterocycles. The SMILES string of the molecule is CCCCCCCCCCCCOCC(COCCCCCCCCCCCC)(COS(=O)(=O)O)COS(=O)(=O)O. The monoisotopic (exact) mass is 632 g/mol. The summed E-state index contributed by atoms with van der Waals surface area (Å²) in [5.41, 5.74) is -1.37. The molecule has 0 fully saturated rings. The van der Waals surface area contributed by atoms with Gasteiger partial charge in [0, 0.05) is 13.2 Å². The standard InChI is InChI=1S/C29H60O10S2/c1-3-5-7-9-11-13-15-17-19-21-23-36-25-29(27-38-40(30,31)32,28-39-41(33,34)35)26-37-24-22-20-18-16-14-12-10-8-6-4-2/h3-28H2,1-2H3,(H,30,31,32)(H,33,34,35). The van der Waals surface area contributed by atoms with Gasteiger partial charge in [0.15, 0.2) is 0 Å². The van der Waals surface area contributed by atoms with Crippen molar-refractivity contribution < 1.29 is 43.8 Å². The van der Waals surface area contributed by atoms with Crippen molar-refractivity contribution in [3.05, 3.63) is 0 Å². The topological polar surface area (TPSA) is 146 Å². The first-order valence-electron chi connectivity index (χ1n) is 15.9. The molecule has 0 spiro atoms. The number of ether oxygens (including phenoxy) is 2. The van der Waals surface area contributed by atoms with Crippen LogP contribution < -0.4 is 0 Å². The Morgan fingerprint density at radius 1 is 0.439 bits per heavy atom. The molecule has 0 aromatic carbocycles. The number of hydrogen-bond acceptors (Lipinski definition) is 8. The predicted molar refractivity (Wildman–Crippen MR) is 163 cm³/mol. The number of rotatable bonds is 32. The van der Waals surface area contributed by atoms with Gasteiger partial charge in [0.05, 0.1) is 31.8 Å². The minimum atomic E-state index is -4.80. The summed E-state index contributed by atoms with van der Waals surface area (Å²) in [6.07, 6.45) is 23.4. The minimum absolute atomic E-state index is 0.131. The van der Waals surface area contributed by atoms with E-state index >= 15 is 0 Å². The zero-order chi connectivity index (χ0) is 30.7. The van der Waals surface area contributed by atoms with Gasteiger partial charge in [0.25, 0.3) is 0 Å². The largest absolute Gasteiger partial charge is 0.397 e. The van der Waals surface area contributed by atoms with Crippen LogP contribution >= 0.6 is 0 Å². The Kier molecular flexibility index (Phi) is 25.9. The van der Waals surface area contributed by atoms with Crippen LogP contribution in [0.5, 0.6) is 0 Å². The molecule has 0 aromatic heterocycles. The summed E-state index contributed by atoms with van der Waals surface area (Å²) in [6.45, 7) is 3.67.